The van der Waals surface area contributed by atoms with Gasteiger partial charge in [0.25, 0.3) is 0 Å². The standard InChI is InChI=1S/C19H30N2O3/c1-19(2,3)24-18(22)21-12-8-9-14(13-21)17(20-4)15-10-6-7-11-16(15)23-5/h6-7,10-11,14,17,20H,8-9,12-13H2,1-5H3. The molecule has 2 atom stereocenters. The number of carbonyl (C=O) groups is 1. The zero-order valence-corrected chi connectivity index (χ0v) is 15.5. The summed E-state index contributed by atoms with van der Waals surface area (Å²) in [6.07, 6.45) is 1.84. The molecule has 2 rings (SSSR count). The van der Waals surface area contributed by atoms with Gasteiger partial charge in [0.15, 0.2) is 0 Å². The van der Waals surface area contributed by atoms with Gasteiger partial charge in [0, 0.05) is 24.7 Å². The zero-order chi connectivity index (χ0) is 17.7. The average Bonchev–Trinajstić information content (AvgIpc) is 2.55. The smallest absolute Gasteiger partial charge is 0.410 e. The summed E-state index contributed by atoms with van der Waals surface area (Å²) in [6, 6.07) is 8.21. The first-order valence-electron chi connectivity index (χ1n) is 8.64. The number of ether oxygens (including phenoxy) is 2. The number of likely N-dealkylation sites (tertiary alicyclic amines) is 1. The van der Waals surface area contributed by atoms with Crippen LogP contribution < -0.4 is 10.1 Å². The van der Waals surface area contributed by atoms with Crippen LogP contribution in [0.25, 0.3) is 0 Å². The van der Waals surface area contributed by atoms with Crippen LogP contribution in [0.2, 0.25) is 0 Å². The molecular weight excluding hydrogens is 304 g/mol. The molecule has 0 bridgehead atoms. The fraction of sp³-hybridized carbons (Fsp3) is 0.632. The Kier molecular flexibility index (Phi) is 6.10. The van der Waals surface area contributed by atoms with E-state index in [-0.39, 0.29) is 12.1 Å². The summed E-state index contributed by atoms with van der Waals surface area (Å²) in [7, 11) is 3.66. The molecule has 0 spiro atoms. The number of rotatable bonds is 4. The fourth-order valence-electron chi connectivity index (χ4n) is 3.34. The number of amides is 1. The Balaban J connectivity index is 2.13. The van der Waals surface area contributed by atoms with Crippen molar-refractivity contribution in [2.75, 3.05) is 27.2 Å². The maximum atomic E-state index is 12.4. The molecule has 1 aliphatic heterocycles. The predicted octanol–water partition coefficient (Wildman–Crippen LogP) is 3.60. The van der Waals surface area contributed by atoms with E-state index in [2.05, 4.69) is 11.4 Å². The number of hydrogen-bond donors (Lipinski definition) is 1. The number of methoxy groups -OCH3 is 1. The van der Waals surface area contributed by atoms with Gasteiger partial charge in [-0.15, -0.1) is 0 Å². The number of benzene rings is 1. The normalized spacial score (nSPS) is 19.7. The van der Waals surface area contributed by atoms with Gasteiger partial charge in [-0.05, 0) is 52.6 Å². The molecule has 1 saturated heterocycles. The highest BCUT2D eigenvalue weighted by Gasteiger charge is 2.32. The van der Waals surface area contributed by atoms with Gasteiger partial charge in [-0.3, -0.25) is 0 Å². The second-order valence-corrected chi connectivity index (χ2v) is 7.34. The predicted molar refractivity (Wildman–Crippen MR) is 95.3 cm³/mol. The lowest BCUT2D eigenvalue weighted by Gasteiger charge is -2.38. The molecule has 1 aromatic rings. The van der Waals surface area contributed by atoms with Crippen LogP contribution in [0.4, 0.5) is 4.79 Å². The second kappa shape index (κ2) is 7.88. The van der Waals surface area contributed by atoms with E-state index in [9.17, 15) is 4.79 Å². The van der Waals surface area contributed by atoms with Gasteiger partial charge in [-0.25, -0.2) is 4.79 Å². The highest BCUT2D eigenvalue weighted by atomic mass is 16.6. The molecule has 5 heteroatoms. The van der Waals surface area contributed by atoms with Gasteiger partial charge < -0.3 is 19.7 Å². The van der Waals surface area contributed by atoms with Crippen LogP contribution >= 0.6 is 0 Å². The molecule has 1 fully saturated rings. The maximum absolute atomic E-state index is 12.4. The highest BCUT2D eigenvalue weighted by molar-refractivity contribution is 5.68. The Labute approximate surface area is 145 Å². The average molecular weight is 334 g/mol. The quantitative estimate of drug-likeness (QED) is 0.914. The maximum Gasteiger partial charge on any atom is 0.410 e. The van der Waals surface area contributed by atoms with Crippen LogP contribution in [0.15, 0.2) is 24.3 Å². The lowest BCUT2D eigenvalue weighted by molar-refractivity contribution is 0.0145. The van der Waals surface area contributed by atoms with Gasteiger partial charge in [0.2, 0.25) is 0 Å². The van der Waals surface area contributed by atoms with Crippen LogP contribution in [0, 0.1) is 5.92 Å². The minimum absolute atomic E-state index is 0.145. The van der Waals surface area contributed by atoms with E-state index in [0.717, 1.165) is 30.7 Å². The Morgan fingerprint density at radius 3 is 2.67 bits per heavy atom. The van der Waals surface area contributed by atoms with Crippen molar-refractivity contribution in [3.63, 3.8) is 0 Å². The summed E-state index contributed by atoms with van der Waals surface area (Å²) >= 11 is 0. The van der Waals surface area contributed by atoms with Gasteiger partial charge in [-0.1, -0.05) is 18.2 Å². The van der Waals surface area contributed by atoms with Crippen molar-refractivity contribution >= 4 is 6.09 Å². The van der Waals surface area contributed by atoms with Crippen molar-refractivity contribution in [1.29, 1.82) is 0 Å². The van der Waals surface area contributed by atoms with Crippen molar-refractivity contribution in [2.24, 2.45) is 5.92 Å². The summed E-state index contributed by atoms with van der Waals surface area (Å²) in [5.41, 5.74) is 0.674. The first-order chi connectivity index (χ1) is 11.4. The Bertz CT molecular complexity index is 554. The minimum Gasteiger partial charge on any atom is -0.496 e. The molecule has 0 aliphatic carbocycles. The third kappa shape index (κ3) is 4.63. The molecule has 1 aromatic carbocycles. The van der Waals surface area contributed by atoms with E-state index >= 15 is 0 Å². The summed E-state index contributed by atoms with van der Waals surface area (Å²) in [4.78, 5) is 14.2. The third-order valence-electron chi connectivity index (χ3n) is 4.37. The Hall–Kier alpha value is -1.75. The second-order valence-electron chi connectivity index (χ2n) is 7.34. The molecule has 0 radical (unpaired) electrons. The molecule has 0 aromatic heterocycles. The van der Waals surface area contributed by atoms with Crippen molar-refractivity contribution in [3.8, 4) is 5.75 Å². The fourth-order valence-corrected chi connectivity index (χ4v) is 3.34. The molecule has 24 heavy (non-hydrogen) atoms. The number of piperidine rings is 1. The van der Waals surface area contributed by atoms with Crippen molar-refractivity contribution in [3.05, 3.63) is 29.8 Å². The molecular formula is C19H30N2O3. The summed E-state index contributed by atoms with van der Waals surface area (Å²) in [5, 5.41) is 3.41. The Morgan fingerprint density at radius 2 is 2.04 bits per heavy atom. The van der Waals surface area contributed by atoms with Crippen LogP contribution in [-0.4, -0.2) is 43.8 Å². The number of nitrogens with zero attached hydrogens (tertiary/aromatic N) is 1. The number of carbonyl (C=O) groups excluding carboxylic acids is 1. The molecule has 1 N–H and O–H groups in total. The summed E-state index contributed by atoms with van der Waals surface area (Å²) < 4.78 is 11.0. The van der Waals surface area contributed by atoms with E-state index in [1.807, 2.05) is 50.9 Å². The van der Waals surface area contributed by atoms with Gasteiger partial charge in [-0.2, -0.15) is 0 Å². The van der Waals surface area contributed by atoms with E-state index in [0.29, 0.717) is 12.5 Å². The molecule has 2 unspecified atom stereocenters. The Morgan fingerprint density at radius 1 is 1.33 bits per heavy atom. The van der Waals surface area contributed by atoms with Crippen LogP contribution in [0.5, 0.6) is 5.75 Å². The van der Waals surface area contributed by atoms with Gasteiger partial charge >= 0.3 is 6.09 Å². The van der Waals surface area contributed by atoms with Crippen LogP contribution in [0.1, 0.15) is 45.2 Å². The number of nitrogens with one attached hydrogen (secondary N) is 1. The summed E-state index contributed by atoms with van der Waals surface area (Å²) in [6.45, 7) is 7.15. The molecule has 1 heterocycles. The first kappa shape index (κ1) is 18.6. The summed E-state index contributed by atoms with van der Waals surface area (Å²) in [5.74, 6) is 1.21. The van der Waals surface area contributed by atoms with Gasteiger partial charge in [0.1, 0.15) is 11.4 Å². The van der Waals surface area contributed by atoms with E-state index in [4.69, 9.17) is 9.47 Å². The molecule has 134 valence electrons. The first-order valence-corrected chi connectivity index (χ1v) is 8.64. The molecule has 5 nitrogen and oxygen atoms in total. The van der Waals surface area contributed by atoms with Crippen molar-refractivity contribution < 1.29 is 14.3 Å². The van der Waals surface area contributed by atoms with Gasteiger partial charge in [0.05, 0.1) is 7.11 Å². The van der Waals surface area contributed by atoms with E-state index in [1.165, 1.54) is 0 Å². The van der Waals surface area contributed by atoms with Crippen LogP contribution in [0.3, 0.4) is 0 Å². The monoisotopic (exact) mass is 334 g/mol. The SMILES string of the molecule is CNC(c1ccccc1OC)C1CCCN(C(=O)OC(C)(C)C)C1. The largest absolute Gasteiger partial charge is 0.496 e. The molecule has 1 aliphatic rings. The lowest BCUT2D eigenvalue weighted by atomic mass is 9.86. The topological polar surface area (TPSA) is 50.8 Å². The number of hydrogen-bond acceptors (Lipinski definition) is 4. The lowest BCUT2D eigenvalue weighted by Crippen LogP contribution is -2.45. The number of para-hydroxylation sites is 1. The van der Waals surface area contributed by atoms with E-state index < -0.39 is 5.60 Å². The van der Waals surface area contributed by atoms with Crippen molar-refractivity contribution in [1.82, 2.24) is 10.2 Å². The molecule has 0 saturated carbocycles. The van der Waals surface area contributed by atoms with Crippen LogP contribution in [-0.2, 0) is 4.74 Å². The zero-order valence-electron chi connectivity index (χ0n) is 15.5. The van der Waals surface area contributed by atoms with E-state index in [1.54, 1.807) is 7.11 Å². The molecule has 1 amide bonds. The van der Waals surface area contributed by atoms with Crippen molar-refractivity contribution in [2.45, 2.75) is 45.3 Å². The minimum atomic E-state index is -0.463. The highest BCUT2D eigenvalue weighted by Crippen LogP contribution is 2.34. The third-order valence-corrected chi connectivity index (χ3v) is 4.37.